The average Bonchev–Trinajstić information content (AvgIpc) is 2.42. The summed E-state index contributed by atoms with van der Waals surface area (Å²) in [6, 6.07) is 2.86. The Morgan fingerprint density at radius 1 is 1.36 bits per heavy atom. The second-order valence-electron chi connectivity index (χ2n) is 4.36. The fraction of sp³-hybridized carbons (Fsp3) is 0.667. The Labute approximate surface area is 91.5 Å². The highest BCUT2D eigenvalue weighted by atomic mass is 32.1. The summed E-state index contributed by atoms with van der Waals surface area (Å²) in [6.45, 7) is 8.94. The van der Waals surface area contributed by atoms with Crippen molar-refractivity contribution >= 4 is 11.3 Å². The van der Waals surface area contributed by atoms with E-state index in [-0.39, 0.29) is 0 Å². The first-order valence-corrected chi connectivity index (χ1v) is 6.10. The van der Waals surface area contributed by atoms with Crippen LogP contribution in [-0.4, -0.2) is 7.05 Å². The first-order valence-electron chi connectivity index (χ1n) is 5.28. The van der Waals surface area contributed by atoms with E-state index in [1.54, 1.807) is 0 Å². The number of hydrogen-bond donors (Lipinski definition) is 1. The van der Waals surface area contributed by atoms with Crippen molar-refractivity contribution in [2.24, 2.45) is 5.92 Å². The van der Waals surface area contributed by atoms with Gasteiger partial charge in [0.15, 0.2) is 0 Å². The first-order chi connectivity index (χ1) is 6.54. The molecule has 80 valence electrons. The molecule has 1 aromatic heterocycles. The van der Waals surface area contributed by atoms with Gasteiger partial charge < -0.3 is 5.32 Å². The van der Waals surface area contributed by atoms with Gasteiger partial charge in [0.2, 0.25) is 0 Å². The lowest BCUT2D eigenvalue weighted by molar-refractivity contribution is 0.462. The van der Waals surface area contributed by atoms with Gasteiger partial charge in [-0.3, -0.25) is 0 Å². The van der Waals surface area contributed by atoms with Crippen LogP contribution >= 0.6 is 11.3 Å². The predicted octanol–water partition coefficient (Wildman–Crippen LogP) is 3.67. The Morgan fingerprint density at radius 2 is 2.00 bits per heavy atom. The topological polar surface area (TPSA) is 12.0 Å². The van der Waals surface area contributed by atoms with Crippen LogP contribution < -0.4 is 5.32 Å². The van der Waals surface area contributed by atoms with Crippen molar-refractivity contribution in [1.29, 1.82) is 0 Å². The molecule has 0 spiro atoms. The summed E-state index contributed by atoms with van der Waals surface area (Å²) in [5.41, 5.74) is 1.43. The van der Waals surface area contributed by atoms with Crippen molar-refractivity contribution in [3.05, 3.63) is 21.4 Å². The summed E-state index contributed by atoms with van der Waals surface area (Å²) in [7, 11) is 2.05. The molecule has 0 aromatic carbocycles. The zero-order chi connectivity index (χ0) is 10.7. The van der Waals surface area contributed by atoms with Crippen molar-refractivity contribution in [2.45, 2.75) is 40.2 Å². The Balaban J connectivity index is 2.78. The van der Waals surface area contributed by atoms with Gasteiger partial charge >= 0.3 is 0 Å². The number of thiophene rings is 1. The normalized spacial score (nSPS) is 13.6. The molecule has 2 heteroatoms. The highest BCUT2D eigenvalue weighted by Gasteiger charge is 2.13. The summed E-state index contributed by atoms with van der Waals surface area (Å²) in [5, 5.41) is 3.40. The zero-order valence-electron chi connectivity index (χ0n) is 9.85. The molecule has 0 saturated heterocycles. The Hall–Kier alpha value is -0.340. The molecule has 1 atom stereocenters. The number of hydrogen-bond acceptors (Lipinski definition) is 2. The first kappa shape index (κ1) is 11.7. The molecule has 0 radical (unpaired) electrons. The molecule has 1 nitrogen and oxygen atoms in total. The second-order valence-corrected chi connectivity index (χ2v) is 5.65. The van der Waals surface area contributed by atoms with Gasteiger partial charge in [-0.25, -0.2) is 0 Å². The molecule has 14 heavy (non-hydrogen) atoms. The lowest BCUT2D eigenvalue weighted by Gasteiger charge is -2.16. The van der Waals surface area contributed by atoms with E-state index < -0.39 is 0 Å². The summed E-state index contributed by atoms with van der Waals surface area (Å²) >= 11 is 1.93. The van der Waals surface area contributed by atoms with Crippen molar-refractivity contribution in [1.82, 2.24) is 5.32 Å². The highest BCUT2D eigenvalue weighted by molar-refractivity contribution is 7.12. The fourth-order valence-electron chi connectivity index (χ4n) is 1.62. The van der Waals surface area contributed by atoms with E-state index in [0.717, 1.165) is 5.92 Å². The van der Waals surface area contributed by atoms with Gasteiger partial charge in [0.05, 0.1) is 0 Å². The molecule has 0 aliphatic carbocycles. The van der Waals surface area contributed by atoms with Crippen LogP contribution in [0.4, 0.5) is 0 Å². The molecule has 0 amide bonds. The molecule has 0 bridgehead atoms. The summed E-state index contributed by atoms with van der Waals surface area (Å²) in [5.74, 6) is 0.746. The van der Waals surface area contributed by atoms with Crippen molar-refractivity contribution in [2.75, 3.05) is 7.05 Å². The molecule has 0 fully saturated rings. The van der Waals surface area contributed by atoms with Gasteiger partial charge in [0, 0.05) is 15.8 Å². The molecule has 1 heterocycles. The molecule has 1 unspecified atom stereocenters. The summed E-state index contributed by atoms with van der Waals surface area (Å²) < 4.78 is 0. The van der Waals surface area contributed by atoms with E-state index in [0.29, 0.717) is 6.04 Å². The highest BCUT2D eigenvalue weighted by Crippen LogP contribution is 2.29. The fourth-order valence-corrected chi connectivity index (χ4v) is 2.79. The van der Waals surface area contributed by atoms with Crippen molar-refractivity contribution in [3.63, 3.8) is 0 Å². The molecule has 1 aromatic rings. The van der Waals surface area contributed by atoms with E-state index in [1.807, 2.05) is 11.3 Å². The van der Waals surface area contributed by atoms with Gasteiger partial charge in [-0.1, -0.05) is 13.8 Å². The van der Waals surface area contributed by atoms with E-state index in [9.17, 15) is 0 Å². The van der Waals surface area contributed by atoms with Gasteiger partial charge in [0.1, 0.15) is 0 Å². The van der Waals surface area contributed by atoms with Crippen LogP contribution in [0.15, 0.2) is 6.07 Å². The monoisotopic (exact) mass is 211 g/mol. The number of nitrogens with one attached hydrogen (secondary N) is 1. The van der Waals surface area contributed by atoms with Crippen LogP contribution in [0.2, 0.25) is 0 Å². The van der Waals surface area contributed by atoms with Crippen LogP contribution in [0.1, 0.15) is 41.6 Å². The van der Waals surface area contributed by atoms with Gasteiger partial charge in [0.25, 0.3) is 0 Å². The standard InChI is InChI=1S/C12H21NS/c1-8(2)6-11(13-5)12-7-9(3)10(4)14-12/h7-8,11,13H,6H2,1-5H3. The molecular formula is C12H21NS. The molecule has 0 saturated carbocycles. The Kier molecular flexibility index (Phi) is 4.14. The van der Waals surface area contributed by atoms with Crippen LogP contribution in [-0.2, 0) is 0 Å². The van der Waals surface area contributed by atoms with Crippen LogP contribution in [0.3, 0.4) is 0 Å². The molecule has 0 aliphatic rings. The quantitative estimate of drug-likeness (QED) is 0.801. The number of rotatable bonds is 4. The maximum absolute atomic E-state index is 3.40. The van der Waals surface area contributed by atoms with Gasteiger partial charge in [-0.05, 0) is 44.9 Å². The molecule has 1 rings (SSSR count). The summed E-state index contributed by atoms with van der Waals surface area (Å²) in [6.07, 6.45) is 1.22. The van der Waals surface area contributed by atoms with Gasteiger partial charge in [-0.15, -0.1) is 11.3 Å². The number of aryl methyl sites for hydroxylation is 2. The third-order valence-electron chi connectivity index (χ3n) is 2.58. The van der Waals surface area contributed by atoms with E-state index in [1.165, 1.54) is 21.7 Å². The second kappa shape index (κ2) is 4.94. The molecule has 1 N–H and O–H groups in total. The summed E-state index contributed by atoms with van der Waals surface area (Å²) in [4.78, 5) is 2.93. The largest absolute Gasteiger partial charge is 0.312 e. The lowest BCUT2D eigenvalue weighted by atomic mass is 10.0. The smallest absolute Gasteiger partial charge is 0.0415 e. The predicted molar refractivity (Wildman–Crippen MR) is 65.0 cm³/mol. The Morgan fingerprint density at radius 3 is 2.36 bits per heavy atom. The lowest BCUT2D eigenvalue weighted by Crippen LogP contribution is -2.17. The van der Waals surface area contributed by atoms with Crippen molar-refractivity contribution < 1.29 is 0 Å². The van der Waals surface area contributed by atoms with E-state index in [4.69, 9.17) is 0 Å². The SMILES string of the molecule is CNC(CC(C)C)c1cc(C)c(C)s1. The molecule has 0 aliphatic heterocycles. The van der Waals surface area contributed by atoms with Crippen LogP contribution in [0, 0.1) is 19.8 Å². The molecular weight excluding hydrogens is 190 g/mol. The van der Waals surface area contributed by atoms with Crippen LogP contribution in [0.5, 0.6) is 0 Å². The van der Waals surface area contributed by atoms with E-state index >= 15 is 0 Å². The third-order valence-corrected chi connectivity index (χ3v) is 3.85. The minimum absolute atomic E-state index is 0.535. The van der Waals surface area contributed by atoms with E-state index in [2.05, 4.69) is 46.1 Å². The van der Waals surface area contributed by atoms with Crippen LogP contribution in [0.25, 0.3) is 0 Å². The third kappa shape index (κ3) is 2.82. The Bertz CT molecular complexity index is 269. The average molecular weight is 211 g/mol. The maximum Gasteiger partial charge on any atom is 0.0415 e. The minimum atomic E-state index is 0.535. The zero-order valence-corrected chi connectivity index (χ0v) is 10.7. The van der Waals surface area contributed by atoms with Crippen molar-refractivity contribution in [3.8, 4) is 0 Å². The maximum atomic E-state index is 3.40. The minimum Gasteiger partial charge on any atom is -0.312 e. The van der Waals surface area contributed by atoms with Gasteiger partial charge in [-0.2, -0.15) is 0 Å².